The molecule has 4 rings (SSSR count). The van der Waals surface area contributed by atoms with Gasteiger partial charge < -0.3 is 24.6 Å². The molecule has 0 radical (unpaired) electrons. The van der Waals surface area contributed by atoms with Gasteiger partial charge in [0.15, 0.2) is 11.5 Å². The number of aryl methyl sites for hydroxylation is 2. The zero-order chi connectivity index (χ0) is 32.8. The Morgan fingerprint density at radius 3 is 2.38 bits per heavy atom. The normalized spacial score (nSPS) is 20.9. The van der Waals surface area contributed by atoms with Gasteiger partial charge in [-0.25, -0.2) is 14.6 Å². The maximum absolute atomic E-state index is 13.9. The second-order valence-corrected chi connectivity index (χ2v) is 12.2. The summed E-state index contributed by atoms with van der Waals surface area (Å²) in [7, 11) is 0. The molecule has 0 amide bonds. The molecule has 2 aromatic heterocycles. The van der Waals surface area contributed by atoms with Gasteiger partial charge in [0.25, 0.3) is 5.95 Å². The van der Waals surface area contributed by atoms with E-state index in [1.54, 1.807) is 18.4 Å². The second kappa shape index (κ2) is 14.7. The van der Waals surface area contributed by atoms with Gasteiger partial charge in [-0.05, 0) is 70.4 Å². The highest BCUT2D eigenvalue weighted by atomic mass is 16.6. The second-order valence-electron chi connectivity index (χ2n) is 12.2. The minimum atomic E-state index is -0.692. The van der Waals surface area contributed by atoms with E-state index in [0.29, 0.717) is 17.4 Å². The average Bonchev–Trinajstić information content (AvgIpc) is 3.50. The molecule has 45 heavy (non-hydrogen) atoms. The van der Waals surface area contributed by atoms with Crippen molar-refractivity contribution in [2.75, 3.05) is 13.2 Å². The number of esters is 2. The third kappa shape index (κ3) is 7.87. The summed E-state index contributed by atoms with van der Waals surface area (Å²) in [6.07, 6.45) is 2.94. The van der Waals surface area contributed by atoms with Crippen LogP contribution in [0.3, 0.4) is 0 Å². The van der Waals surface area contributed by atoms with Crippen molar-refractivity contribution in [2.45, 2.75) is 86.4 Å². The van der Waals surface area contributed by atoms with E-state index < -0.39 is 18.0 Å². The van der Waals surface area contributed by atoms with Crippen LogP contribution in [0.25, 0.3) is 21.9 Å². The quantitative estimate of drug-likeness (QED) is 0.118. The zero-order valence-electron chi connectivity index (χ0n) is 27.3. The molecule has 2 heterocycles. The topological polar surface area (TPSA) is 132 Å². The van der Waals surface area contributed by atoms with Gasteiger partial charge in [0.1, 0.15) is 11.7 Å². The number of hydrogen-bond donors (Lipinski definition) is 3. The molecule has 1 aliphatic carbocycles. The molecule has 3 aromatic rings. The zero-order valence-corrected chi connectivity index (χ0v) is 27.3. The molecule has 11 heteroatoms. The third-order valence-electron chi connectivity index (χ3n) is 8.23. The van der Waals surface area contributed by atoms with Crippen LogP contribution < -0.4 is 5.32 Å². The first-order chi connectivity index (χ1) is 21.4. The number of aliphatic hydroxyl groups is 1. The lowest BCUT2D eigenvalue weighted by Gasteiger charge is -2.37. The number of carbonyl (C=O) groups is 2. The molecular formula is C34H45N5O6. The lowest BCUT2D eigenvalue weighted by Crippen LogP contribution is -2.37. The standard InChI is InChI=1S/C34H45N5O6/c1-9-43-27(40)16-25(17-28(41)44-10-2)36-18-26-30(35-8)29(34(42)45-31-22(6)12-21(5)13-23(31)7)33-37-32(38-39(26)33)24-14-19(3)11-20(4)15-24/h11,14-16,21-23,25,31,36,40H,9-10,12-13,17-18H2,1-7H3,(H,37,38)/b27-16-. The molecule has 11 nitrogen and oxygen atoms in total. The number of aromatic amines is 1. The van der Waals surface area contributed by atoms with Crippen molar-refractivity contribution in [3.63, 3.8) is 0 Å². The Labute approximate surface area is 264 Å². The predicted molar refractivity (Wildman–Crippen MR) is 171 cm³/mol. The Bertz CT molecular complexity index is 1570. The van der Waals surface area contributed by atoms with Crippen LogP contribution in [-0.2, 0) is 25.5 Å². The third-order valence-corrected chi connectivity index (χ3v) is 8.23. The number of nitrogens with zero attached hydrogens (tertiary/aromatic N) is 3. The van der Waals surface area contributed by atoms with Crippen molar-refractivity contribution in [3.8, 4) is 11.4 Å². The molecule has 1 saturated carbocycles. The van der Waals surface area contributed by atoms with Gasteiger partial charge in [-0.15, -0.1) is 0 Å². The number of fused-ring (bicyclic) bond motifs is 1. The highest BCUT2D eigenvalue weighted by Crippen LogP contribution is 2.38. The summed E-state index contributed by atoms with van der Waals surface area (Å²) in [5.74, 6) is 0.0658. The fraction of sp³-hybridized carbons (Fsp3) is 0.529. The molecule has 3 N–H and O–H groups in total. The van der Waals surface area contributed by atoms with E-state index in [4.69, 9.17) is 25.8 Å². The number of hydrogen-bond acceptors (Lipinski definition) is 8. The highest BCUT2D eigenvalue weighted by molar-refractivity contribution is 6.04. The first-order valence-corrected chi connectivity index (χ1v) is 15.7. The van der Waals surface area contributed by atoms with Crippen LogP contribution in [0.1, 0.15) is 81.1 Å². The molecule has 1 aliphatic rings. The minimum Gasteiger partial charge on any atom is -0.481 e. The van der Waals surface area contributed by atoms with Gasteiger partial charge >= 0.3 is 11.9 Å². The first kappa shape index (κ1) is 33.6. The molecule has 0 bridgehead atoms. The van der Waals surface area contributed by atoms with Crippen molar-refractivity contribution < 1.29 is 28.9 Å². The summed E-state index contributed by atoms with van der Waals surface area (Å²) in [6.45, 7) is 22.5. The summed E-state index contributed by atoms with van der Waals surface area (Å²) in [5, 5.41) is 16.7. The van der Waals surface area contributed by atoms with Gasteiger partial charge in [0.05, 0.1) is 31.9 Å². The van der Waals surface area contributed by atoms with Crippen molar-refractivity contribution in [1.29, 1.82) is 0 Å². The lowest BCUT2D eigenvalue weighted by molar-refractivity contribution is -0.143. The highest BCUT2D eigenvalue weighted by Gasteiger charge is 2.36. The number of rotatable bonds is 12. The smallest absolute Gasteiger partial charge is 0.331 e. The Morgan fingerprint density at radius 2 is 1.78 bits per heavy atom. The van der Waals surface area contributed by atoms with Crippen LogP contribution in [0.4, 0.5) is 5.69 Å². The number of carbonyl (C=O) groups excluding carboxylic acids is 2. The van der Waals surface area contributed by atoms with Crippen molar-refractivity contribution >= 4 is 23.3 Å². The van der Waals surface area contributed by atoms with Crippen LogP contribution in [0, 0.1) is 38.2 Å². The first-order valence-electron chi connectivity index (χ1n) is 15.7. The average molecular weight is 620 g/mol. The van der Waals surface area contributed by atoms with Crippen LogP contribution in [0.15, 0.2) is 30.2 Å². The number of ether oxygens (including phenoxy) is 3. The summed E-state index contributed by atoms with van der Waals surface area (Å²) in [6, 6.07) is 5.37. The minimum absolute atomic E-state index is 0.0500. The molecule has 3 unspecified atom stereocenters. The van der Waals surface area contributed by atoms with Crippen molar-refractivity contribution in [1.82, 2.24) is 19.9 Å². The molecule has 1 fully saturated rings. The number of nitrogens with one attached hydrogen (secondary N) is 2. The van der Waals surface area contributed by atoms with Crippen molar-refractivity contribution in [3.05, 3.63) is 64.0 Å². The van der Waals surface area contributed by atoms with Gasteiger partial charge in [-0.1, -0.05) is 38.0 Å². The SMILES string of the molecule is [C-]#[N+]c1c(C(=O)OC2C(C)CC(C)CC2C)c2nc(-c3cc(C)cc(C)c3)[nH]n2c1CNC(/C=C(/O)OCC)CC(=O)OCC. The summed E-state index contributed by atoms with van der Waals surface area (Å²) >= 11 is 0. The maximum atomic E-state index is 13.9. The van der Waals surface area contributed by atoms with E-state index in [1.807, 2.05) is 26.0 Å². The number of benzene rings is 1. The molecule has 1 aromatic carbocycles. The van der Waals surface area contributed by atoms with Crippen molar-refractivity contribution in [2.24, 2.45) is 17.8 Å². The van der Waals surface area contributed by atoms with Gasteiger partial charge in [-0.3, -0.25) is 14.4 Å². The molecule has 0 aliphatic heterocycles. The van der Waals surface area contributed by atoms with E-state index in [0.717, 1.165) is 29.5 Å². The Kier molecular flexibility index (Phi) is 10.9. The monoisotopic (exact) mass is 619 g/mol. The van der Waals surface area contributed by atoms with E-state index in [9.17, 15) is 14.7 Å². The van der Waals surface area contributed by atoms with Gasteiger partial charge in [0, 0.05) is 24.2 Å². The largest absolute Gasteiger partial charge is 0.481 e. The van der Waals surface area contributed by atoms with E-state index in [2.05, 4.69) is 42.1 Å². The van der Waals surface area contributed by atoms with Crippen LogP contribution in [-0.4, -0.2) is 57.0 Å². The van der Waals surface area contributed by atoms with E-state index in [-0.39, 0.29) is 67.0 Å². The Hall–Kier alpha value is -4.30. The van der Waals surface area contributed by atoms with Gasteiger partial charge in [0.2, 0.25) is 5.69 Å². The maximum Gasteiger partial charge on any atom is 0.331 e. The fourth-order valence-electron chi connectivity index (χ4n) is 6.57. The summed E-state index contributed by atoms with van der Waals surface area (Å²) in [5.41, 5.74) is 3.89. The summed E-state index contributed by atoms with van der Waals surface area (Å²) in [4.78, 5) is 34.9. The van der Waals surface area contributed by atoms with Crippen LogP contribution in [0.2, 0.25) is 0 Å². The van der Waals surface area contributed by atoms with E-state index >= 15 is 0 Å². The number of aromatic nitrogens is 3. The van der Waals surface area contributed by atoms with Crippen LogP contribution >= 0.6 is 0 Å². The van der Waals surface area contributed by atoms with Crippen LogP contribution in [0.5, 0.6) is 0 Å². The fourth-order valence-corrected chi connectivity index (χ4v) is 6.57. The van der Waals surface area contributed by atoms with E-state index in [1.165, 1.54) is 6.08 Å². The number of H-pyrrole nitrogens is 1. The molecule has 0 spiro atoms. The Balaban J connectivity index is 1.78. The molecule has 242 valence electrons. The van der Waals surface area contributed by atoms with Gasteiger partial charge in [-0.2, -0.15) is 0 Å². The summed E-state index contributed by atoms with van der Waals surface area (Å²) < 4.78 is 18.1. The Morgan fingerprint density at radius 1 is 1.13 bits per heavy atom. The predicted octanol–water partition coefficient (Wildman–Crippen LogP) is 6.57. The molecular weight excluding hydrogens is 574 g/mol. The molecule has 3 atom stereocenters. The number of aliphatic hydroxyl groups excluding tert-OH is 1. The lowest BCUT2D eigenvalue weighted by atomic mass is 9.75. The molecule has 0 saturated heterocycles.